The second kappa shape index (κ2) is 9.31. The van der Waals surface area contributed by atoms with Crippen molar-refractivity contribution < 1.29 is 14.3 Å². The molecule has 0 spiro atoms. The van der Waals surface area contributed by atoms with E-state index in [1.54, 1.807) is 0 Å². The summed E-state index contributed by atoms with van der Waals surface area (Å²) < 4.78 is 11.4. The number of carbonyl (C=O) groups is 1. The van der Waals surface area contributed by atoms with Gasteiger partial charge in [-0.15, -0.1) is 0 Å². The second-order valence-electron chi connectivity index (χ2n) is 7.85. The molecule has 1 N–H and O–H groups in total. The van der Waals surface area contributed by atoms with Crippen molar-refractivity contribution in [3.05, 3.63) is 59.7 Å². The normalized spacial score (nSPS) is 19.7. The van der Waals surface area contributed by atoms with Gasteiger partial charge in [-0.1, -0.05) is 49.7 Å². The first-order valence-electron chi connectivity index (χ1n) is 10.7. The van der Waals surface area contributed by atoms with Crippen LogP contribution in [-0.4, -0.2) is 37.1 Å². The molecule has 1 amide bonds. The zero-order chi connectivity index (χ0) is 20.1. The maximum atomic E-state index is 12.9. The molecule has 1 fully saturated rings. The number of amides is 1. The quantitative estimate of drug-likeness (QED) is 0.763. The third-order valence-electron chi connectivity index (χ3n) is 5.78. The largest absolute Gasteiger partial charge is 0.486 e. The maximum Gasteiger partial charge on any atom is 0.234 e. The van der Waals surface area contributed by atoms with Crippen molar-refractivity contribution in [3.63, 3.8) is 0 Å². The SMILES string of the molecule is CCC[C@H](NC(=O)CN1CCC[C@@H]1c1ccc2c(c1)OCCO2)c1ccccc1. The van der Waals surface area contributed by atoms with Crippen LogP contribution in [0.4, 0.5) is 0 Å². The summed E-state index contributed by atoms with van der Waals surface area (Å²) in [5.74, 6) is 1.72. The standard InChI is InChI=1S/C24H30N2O3/c1-2-7-20(18-8-4-3-5-9-18)25-24(27)17-26-13-6-10-21(26)19-11-12-22-23(16-19)29-15-14-28-22/h3-5,8-9,11-12,16,20-21H,2,6-7,10,13-15,17H2,1H3,(H,25,27)/t20-,21+/m0/s1. The average molecular weight is 395 g/mol. The van der Waals surface area contributed by atoms with Gasteiger partial charge in [0.15, 0.2) is 11.5 Å². The Morgan fingerprint density at radius 2 is 1.93 bits per heavy atom. The number of ether oxygens (including phenoxy) is 2. The van der Waals surface area contributed by atoms with Gasteiger partial charge in [-0.2, -0.15) is 0 Å². The molecule has 0 aromatic heterocycles. The van der Waals surface area contributed by atoms with Gasteiger partial charge in [0.2, 0.25) is 5.91 Å². The van der Waals surface area contributed by atoms with Crippen molar-refractivity contribution in [1.82, 2.24) is 10.2 Å². The molecule has 2 aromatic carbocycles. The summed E-state index contributed by atoms with van der Waals surface area (Å²) >= 11 is 0. The molecule has 2 atom stereocenters. The molecule has 0 saturated carbocycles. The molecule has 5 heteroatoms. The van der Waals surface area contributed by atoms with Crippen LogP contribution in [0.15, 0.2) is 48.5 Å². The molecular formula is C24H30N2O3. The lowest BCUT2D eigenvalue weighted by Crippen LogP contribution is -2.38. The zero-order valence-corrected chi connectivity index (χ0v) is 17.1. The average Bonchev–Trinajstić information content (AvgIpc) is 3.21. The first-order valence-corrected chi connectivity index (χ1v) is 10.7. The summed E-state index contributed by atoms with van der Waals surface area (Å²) in [5.41, 5.74) is 2.38. The van der Waals surface area contributed by atoms with Gasteiger partial charge in [-0.05, 0) is 49.1 Å². The fourth-order valence-corrected chi connectivity index (χ4v) is 4.38. The highest BCUT2D eigenvalue weighted by Crippen LogP contribution is 2.37. The number of likely N-dealkylation sites (tertiary alicyclic amines) is 1. The van der Waals surface area contributed by atoms with Gasteiger partial charge >= 0.3 is 0 Å². The Labute approximate surface area is 173 Å². The van der Waals surface area contributed by atoms with Crippen LogP contribution in [0.1, 0.15) is 55.8 Å². The number of nitrogens with one attached hydrogen (secondary N) is 1. The number of rotatable bonds is 7. The molecule has 5 nitrogen and oxygen atoms in total. The lowest BCUT2D eigenvalue weighted by atomic mass is 10.0. The van der Waals surface area contributed by atoms with Crippen LogP contribution in [0, 0.1) is 0 Å². The monoisotopic (exact) mass is 394 g/mol. The van der Waals surface area contributed by atoms with Crippen LogP contribution >= 0.6 is 0 Å². The smallest absolute Gasteiger partial charge is 0.234 e. The molecule has 2 aliphatic heterocycles. The minimum atomic E-state index is 0.0732. The van der Waals surface area contributed by atoms with Gasteiger partial charge in [0.05, 0.1) is 12.6 Å². The van der Waals surface area contributed by atoms with E-state index in [0.717, 1.165) is 43.7 Å². The van der Waals surface area contributed by atoms with E-state index in [-0.39, 0.29) is 18.0 Å². The van der Waals surface area contributed by atoms with E-state index >= 15 is 0 Å². The van der Waals surface area contributed by atoms with E-state index in [9.17, 15) is 4.79 Å². The Hall–Kier alpha value is -2.53. The predicted molar refractivity (Wildman–Crippen MR) is 113 cm³/mol. The number of carbonyl (C=O) groups excluding carboxylic acids is 1. The van der Waals surface area contributed by atoms with Crippen molar-refractivity contribution in [2.75, 3.05) is 26.3 Å². The fourth-order valence-electron chi connectivity index (χ4n) is 4.38. The molecule has 29 heavy (non-hydrogen) atoms. The van der Waals surface area contributed by atoms with Gasteiger partial charge < -0.3 is 14.8 Å². The summed E-state index contributed by atoms with van der Waals surface area (Å²) in [6.45, 7) is 4.71. The van der Waals surface area contributed by atoms with Crippen LogP contribution in [-0.2, 0) is 4.79 Å². The Bertz CT molecular complexity index is 824. The summed E-state index contributed by atoms with van der Waals surface area (Å²) in [6.07, 6.45) is 4.14. The van der Waals surface area contributed by atoms with Crippen molar-refractivity contribution in [3.8, 4) is 11.5 Å². The Balaban J connectivity index is 1.42. The molecule has 2 heterocycles. The lowest BCUT2D eigenvalue weighted by Gasteiger charge is -2.27. The summed E-state index contributed by atoms with van der Waals surface area (Å²) in [5, 5.41) is 3.26. The van der Waals surface area contributed by atoms with Gasteiger partial charge in [0.1, 0.15) is 13.2 Å². The summed E-state index contributed by atoms with van der Waals surface area (Å²) in [4.78, 5) is 15.2. The van der Waals surface area contributed by atoms with E-state index in [1.807, 2.05) is 24.3 Å². The molecule has 0 aliphatic carbocycles. The Kier molecular flexibility index (Phi) is 6.35. The molecule has 0 unspecified atom stereocenters. The Morgan fingerprint density at radius 1 is 1.14 bits per heavy atom. The summed E-state index contributed by atoms with van der Waals surface area (Å²) in [7, 11) is 0. The highest BCUT2D eigenvalue weighted by molar-refractivity contribution is 5.78. The number of hydrogen-bond donors (Lipinski definition) is 1. The number of nitrogens with zero attached hydrogens (tertiary/aromatic N) is 1. The minimum Gasteiger partial charge on any atom is -0.486 e. The van der Waals surface area contributed by atoms with E-state index in [1.165, 1.54) is 11.1 Å². The van der Waals surface area contributed by atoms with E-state index in [0.29, 0.717) is 19.8 Å². The molecule has 154 valence electrons. The van der Waals surface area contributed by atoms with Crippen molar-refractivity contribution in [1.29, 1.82) is 0 Å². The van der Waals surface area contributed by atoms with Crippen molar-refractivity contribution in [2.24, 2.45) is 0 Å². The third-order valence-corrected chi connectivity index (χ3v) is 5.78. The van der Waals surface area contributed by atoms with Gasteiger partial charge in [0, 0.05) is 6.04 Å². The van der Waals surface area contributed by atoms with Gasteiger partial charge in [-0.3, -0.25) is 9.69 Å². The minimum absolute atomic E-state index is 0.0732. The van der Waals surface area contributed by atoms with E-state index in [4.69, 9.17) is 9.47 Å². The maximum absolute atomic E-state index is 12.9. The van der Waals surface area contributed by atoms with Crippen LogP contribution in [0.2, 0.25) is 0 Å². The highest BCUT2D eigenvalue weighted by Gasteiger charge is 2.29. The Morgan fingerprint density at radius 3 is 2.72 bits per heavy atom. The molecule has 0 radical (unpaired) electrons. The number of benzene rings is 2. The fraction of sp³-hybridized carbons (Fsp3) is 0.458. The molecular weight excluding hydrogens is 364 g/mol. The van der Waals surface area contributed by atoms with Crippen molar-refractivity contribution in [2.45, 2.75) is 44.7 Å². The predicted octanol–water partition coefficient (Wildman–Crippen LogP) is 4.25. The molecule has 1 saturated heterocycles. The second-order valence-corrected chi connectivity index (χ2v) is 7.85. The van der Waals surface area contributed by atoms with Gasteiger partial charge in [0.25, 0.3) is 0 Å². The van der Waals surface area contributed by atoms with Gasteiger partial charge in [-0.25, -0.2) is 0 Å². The van der Waals surface area contributed by atoms with Crippen LogP contribution in [0.3, 0.4) is 0 Å². The topological polar surface area (TPSA) is 50.8 Å². The van der Waals surface area contributed by atoms with Crippen LogP contribution in [0.25, 0.3) is 0 Å². The third kappa shape index (κ3) is 4.73. The molecule has 2 aliphatic rings. The first kappa shape index (κ1) is 19.8. The number of fused-ring (bicyclic) bond motifs is 1. The van der Waals surface area contributed by atoms with E-state index < -0.39 is 0 Å². The number of hydrogen-bond acceptors (Lipinski definition) is 4. The molecule has 0 bridgehead atoms. The van der Waals surface area contributed by atoms with Crippen molar-refractivity contribution >= 4 is 5.91 Å². The van der Waals surface area contributed by atoms with E-state index in [2.05, 4.69) is 41.4 Å². The lowest BCUT2D eigenvalue weighted by molar-refractivity contribution is -0.123. The zero-order valence-electron chi connectivity index (χ0n) is 17.1. The highest BCUT2D eigenvalue weighted by atomic mass is 16.6. The van der Waals surface area contributed by atoms with Crippen LogP contribution in [0.5, 0.6) is 11.5 Å². The first-order chi connectivity index (χ1) is 14.2. The molecule has 4 rings (SSSR count). The van der Waals surface area contributed by atoms with Crippen LogP contribution < -0.4 is 14.8 Å². The molecule has 2 aromatic rings. The summed E-state index contributed by atoms with van der Waals surface area (Å²) in [6, 6.07) is 16.8.